The summed E-state index contributed by atoms with van der Waals surface area (Å²) < 4.78 is 10.8. The first-order valence-electron chi connectivity index (χ1n) is 8.40. The van der Waals surface area contributed by atoms with E-state index in [0.29, 0.717) is 15.9 Å². The fraction of sp³-hybridized carbons (Fsp3) is 0.200. The first-order chi connectivity index (χ1) is 13.0. The Balaban J connectivity index is 1.63. The molecule has 7 heteroatoms. The van der Waals surface area contributed by atoms with Gasteiger partial charge in [0.05, 0.1) is 30.1 Å². The summed E-state index contributed by atoms with van der Waals surface area (Å²) in [6.07, 6.45) is 1.77. The molecule has 0 radical (unpaired) electrons. The van der Waals surface area contributed by atoms with Gasteiger partial charge in [-0.05, 0) is 61.9 Å². The molecule has 5 nitrogen and oxygen atoms in total. The van der Waals surface area contributed by atoms with Crippen LogP contribution in [0.5, 0.6) is 11.5 Å². The van der Waals surface area contributed by atoms with E-state index in [4.69, 9.17) is 21.1 Å². The van der Waals surface area contributed by atoms with E-state index in [9.17, 15) is 0 Å². The van der Waals surface area contributed by atoms with Gasteiger partial charge in [-0.3, -0.25) is 5.43 Å². The molecule has 0 bridgehead atoms. The largest absolute Gasteiger partial charge is 0.497 e. The highest BCUT2D eigenvalue weighted by Crippen LogP contribution is 2.27. The Morgan fingerprint density at radius 1 is 1.19 bits per heavy atom. The SMILES string of the molecule is COc1ccc(-c2csc(N/N=C\c3ccc(OC(C)C)c(Cl)c3)n2)cc1. The molecule has 0 aliphatic heterocycles. The van der Waals surface area contributed by atoms with Gasteiger partial charge in [0.25, 0.3) is 0 Å². The first-order valence-corrected chi connectivity index (χ1v) is 9.66. The quantitative estimate of drug-likeness (QED) is 0.407. The van der Waals surface area contributed by atoms with Crippen LogP contribution in [-0.4, -0.2) is 24.4 Å². The third-order valence-corrected chi connectivity index (χ3v) is 4.62. The van der Waals surface area contributed by atoms with Gasteiger partial charge in [-0.25, -0.2) is 4.98 Å². The van der Waals surface area contributed by atoms with Crippen molar-refractivity contribution in [2.75, 3.05) is 12.5 Å². The number of hydrogen-bond acceptors (Lipinski definition) is 6. The van der Waals surface area contributed by atoms with E-state index >= 15 is 0 Å². The minimum Gasteiger partial charge on any atom is -0.497 e. The molecular formula is C20H20ClN3O2S. The highest BCUT2D eigenvalue weighted by atomic mass is 35.5. The summed E-state index contributed by atoms with van der Waals surface area (Å²) in [6, 6.07) is 13.3. The number of ether oxygens (including phenoxy) is 2. The summed E-state index contributed by atoms with van der Waals surface area (Å²) in [4.78, 5) is 4.54. The van der Waals surface area contributed by atoms with Crippen molar-refractivity contribution >= 4 is 34.3 Å². The third kappa shape index (κ3) is 5.21. The highest BCUT2D eigenvalue weighted by Gasteiger charge is 2.05. The van der Waals surface area contributed by atoms with E-state index in [-0.39, 0.29) is 6.10 Å². The van der Waals surface area contributed by atoms with Crippen molar-refractivity contribution in [3.05, 3.63) is 58.4 Å². The lowest BCUT2D eigenvalue weighted by Gasteiger charge is -2.11. The summed E-state index contributed by atoms with van der Waals surface area (Å²) in [5.74, 6) is 1.49. The minimum atomic E-state index is 0.0773. The zero-order valence-electron chi connectivity index (χ0n) is 15.3. The van der Waals surface area contributed by atoms with Crippen molar-refractivity contribution in [3.8, 4) is 22.8 Å². The molecule has 1 N–H and O–H groups in total. The molecule has 0 aliphatic rings. The summed E-state index contributed by atoms with van der Waals surface area (Å²) in [5, 5.41) is 7.48. The van der Waals surface area contributed by atoms with Crippen molar-refractivity contribution < 1.29 is 9.47 Å². The van der Waals surface area contributed by atoms with Crippen LogP contribution < -0.4 is 14.9 Å². The summed E-state index contributed by atoms with van der Waals surface area (Å²) in [6.45, 7) is 3.92. The molecule has 3 aromatic rings. The number of anilines is 1. The number of hydrazone groups is 1. The summed E-state index contributed by atoms with van der Waals surface area (Å²) >= 11 is 7.72. The van der Waals surface area contributed by atoms with Crippen LogP contribution in [0, 0.1) is 0 Å². The van der Waals surface area contributed by atoms with Gasteiger partial charge in [-0.2, -0.15) is 5.10 Å². The highest BCUT2D eigenvalue weighted by molar-refractivity contribution is 7.14. The van der Waals surface area contributed by atoms with Crippen LogP contribution in [0.1, 0.15) is 19.4 Å². The zero-order chi connectivity index (χ0) is 19.2. The molecule has 0 aliphatic carbocycles. The maximum absolute atomic E-state index is 6.24. The number of hydrogen-bond donors (Lipinski definition) is 1. The van der Waals surface area contributed by atoms with Gasteiger partial charge in [0.2, 0.25) is 5.13 Å². The number of nitrogens with one attached hydrogen (secondary N) is 1. The van der Waals surface area contributed by atoms with E-state index in [2.05, 4.69) is 15.5 Å². The smallest absolute Gasteiger partial charge is 0.203 e. The predicted octanol–water partition coefficient (Wildman–Crippen LogP) is 5.71. The zero-order valence-corrected chi connectivity index (χ0v) is 16.8. The fourth-order valence-corrected chi connectivity index (χ4v) is 3.23. The maximum Gasteiger partial charge on any atom is 0.203 e. The van der Waals surface area contributed by atoms with Gasteiger partial charge in [0.15, 0.2) is 0 Å². The lowest BCUT2D eigenvalue weighted by atomic mass is 10.2. The van der Waals surface area contributed by atoms with Gasteiger partial charge in [0, 0.05) is 10.9 Å². The molecule has 0 spiro atoms. The molecule has 0 saturated carbocycles. The maximum atomic E-state index is 6.24. The molecule has 140 valence electrons. The minimum absolute atomic E-state index is 0.0773. The van der Waals surface area contributed by atoms with Crippen LogP contribution in [-0.2, 0) is 0 Å². The van der Waals surface area contributed by atoms with Crippen LogP contribution in [0.3, 0.4) is 0 Å². The molecule has 0 fully saturated rings. The van der Waals surface area contributed by atoms with Gasteiger partial charge in [0.1, 0.15) is 11.5 Å². The monoisotopic (exact) mass is 401 g/mol. The summed E-state index contributed by atoms with van der Waals surface area (Å²) in [7, 11) is 1.65. The molecule has 0 unspecified atom stereocenters. The topological polar surface area (TPSA) is 55.7 Å². The Labute approximate surface area is 167 Å². The van der Waals surface area contributed by atoms with Crippen molar-refractivity contribution in [3.63, 3.8) is 0 Å². The average molecular weight is 402 g/mol. The molecule has 1 aromatic heterocycles. The standard InChI is InChI=1S/C20H20ClN3O2S/c1-13(2)26-19-9-4-14(10-17(19)21)11-22-24-20-23-18(12-27-20)15-5-7-16(25-3)8-6-15/h4-13H,1-3H3,(H,23,24)/b22-11-. The predicted molar refractivity (Wildman–Crippen MR) is 113 cm³/mol. The fourth-order valence-electron chi connectivity index (χ4n) is 2.33. The van der Waals surface area contributed by atoms with Crippen molar-refractivity contribution in [1.82, 2.24) is 4.98 Å². The second-order valence-corrected chi connectivity index (χ2v) is 7.26. The Hall–Kier alpha value is -2.57. The molecule has 0 saturated heterocycles. The van der Waals surface area contributed by atoms with Crippen LogP contribution in [0.15, 0.2) is 52.9 Å². The number of rotatable bonds is 7. The number of aromatic nitrogens is 1. The molecule has 0 amide bonds. The van der Waals surface area contributed by atoms with Crippen LogP contribution in [0.2, 0.25) is 5.02 Å². The Morgan fingerprint density at radius 3 is 2.63 bits per heavy atom. The number of benzene rings is 2. The second-order valence-electron chi connectivity index (χ2n) is 5.99. The average Bonchev–Trinajstić information content (AvgIpc) is 3.12. The van der Waals surface area contributed by atoms with Crippen molar-refractivity contribution in [2.24, 2.45) is 5.10 Å². The lowest BCUT2D eigenvalue weighted by Crippen LogP contribution is -2.05. The van der Waals surface area contributed by atoms with Crippen LogP contribution >= 0.6 is 22.9 Å². The molecule has 2 aromatic carbocycles. The van der Waals surface area contributed by atoms with Crippen LogP contribution in [0.4, 0.5) is 5.13 Å². The lowest BCUT2D eigenvalue weighted by molar-refractivity contribution is 0.242. The van der Waals surface area contributed by atoms with Crippen LogP contribution in [0.25, 0.3) is 11.3 Å². The Morgan fingerprint density at radius 2 is 1.96 bits per heavy atom. The van der Waals surface area contributed by atoms with E-state index in [1.165, 1.54) is 11.3 Å². The van der Waals surface area contributed by atoms with E-state index in [1.54, 1.807) is 13.3 Å². The second kappa shape index (κ2) is 8.88. The number of thiazole rings is 1. The first kappa shape index (κ1) is 19.2. The normalized spacial score (nSPS) is 11.1. The third-order valence-electron chi connectivity index (χ3n) is 3.58. The van der Waals surface area contributed by atoms with Gasteiger partial charge in [-0.15, -0.1) is 11.3 Å². The molecular weight excluding hydrogens is 382 g/mol. The molecule has 27 heavy (non-hydrogen) atoms. The van der Waals surface area contributed by atoms with Gasteiger partial charge < -0.3 is 9.47 Å². The van der Waals surface area contributed by atoms with E-state index in [0.717, 1.165) is 22.6 Å². The summed E-state index contributed by atoms with van der Waals surface area (Å²) in [5.41, 5.74) is 5.73. The number of halogens is 1. The van der Waals surface area contributed by atoms with E-state index in [1.807, 2.05) is 61.7 Å². The Kier molecular flexibility index (Phi) is 6.32. The molecule has 0 atom stereocenters. The van der Waals surface area contributed by atoms with Crippen molar-refractivity contribution in [2.45, 2.75) is 20.0 Å². The van der Waals surface area contributed by atoms with E-state index < -0.39 is 0 Å². The number of nitrogens with zero attached hydrogens (tertiary/aromatic N) is 2. The molecule has 3 rings (SSSR count). The van der Waals surface area contributed by atoms with Crippen molar-refractivity contribution in [1.29, 1.82) is 0 Å². The molecule has 1 heterocycles. The van der Waals surface area contributed by atoms with Gasteiger partial charge in [-0.1, -0.05) is 11.6 Å². The van der Waals surface area contributed by atoms with Gasteiger partial charge >= 0.3 is 0 Å². The Bertz CT molecular complexity index is 923. The number of methoxy groups -OCH3 is 1.